The number of thiocarbonyl (C=S) groups is 1. The molecule has 2 heterocycles. The molecule has 1 unspecified atom stereocenters. The number of aromatic nitrogens is 3. The normalized spacial score (nSPS) is 11.6. The summed E-state index contributed by atoms with van der Waals surface area (Å²) in [5.41, 5.74) is 3.31. The number of nitrogens with zero attached hydrogens (tertiary/aromatic N) is 4. The van der Waals surface area contributed by atoms with Crippen LogP contribution in [-0.2, 0) is 7.05 Å². The fourth-order valence-corrected chi connectivity index (χ4v) is 4.58. The highest BCUT2D eigenvalue weighted by molar-refractivity contribution is 7.80. The van der Waals surface area contributed by atoms with Gasteiger partial charge < -0.3 is 5.32 Å². The first-order valence-electron chi connectivity index (χ1n) is 9.56. The lowest BCUT2D eigenvalue weighted by atomic mass is 10.1. The summed E-state index contributed by atoms with van der Waals surface area (Å²) in [6.45, 7) is 1.89. The van der Waals surface area contributed by atoms with E-state index < -0.39 is 5.92 Å². The number of thiazole rings is 1. The van der Waals surface area contributed by atoms with Crippen LogP contribution in [0.4, 0.5) is 5.69 Å². The fourth-order valence-electron chi connectivity index (χ4n) is 3.36. The van der Waals surface area contributed by atoms with Crippen LogP contribution >= 0.6 is 23.6 Å². The second kappa shape index (κ2) is 8.68. The van der Waals surface area contributed by atoms with Gasteiger partial charge in [-0.25, -0.2) is 9.67 Å². The third-order valence-corrected chi connectivity index (χ3v) is 6.26. The lowest BCUT2D eigenvalue weighted by molar-refractivity contribution is 0.630. The second-order valence-corrected chi connectivity index (χ2v) is 8.25. The van der Waals surface area contributed by atoms with E-state index in [-0.39, 0.29) is 5.56 Å². The molecule has 0 amide bonds. The molecule has 0 fully saturated rings. The van der Waals surface area contributed by atoms with Crippen molar-refractivity contribution < 1.29 is 0 Å². The Morgan fingerprint density at radius 3 is 2.45 bits per heavy atom. The van der Waals surface area contributed by atoms with Crippen molar-refractivity contribution in [2.75, 3.05) is 5.32 Å². The number of hydrogen-bond donors (Lipinski definition) is 1. The molecule has 1 N–H and O–H groups in total. The molecule has 31 heavy (non-hydrogen) atoms. The molecule has 0 aliphatic carbocycles. The largest absolute Gasteiger partial charge is 0.349 e. The summed E-state index contributed by atoms with van der Waals surface area (Å²) in [4.78, 5) is 18.2. The first-order chi connectivity index (χ1) is 15.0. The molecule has 1 atom stereocenters. The number of nitrogens with one attached hydrogen (secondary N) is 1. The zero-order chi connectivity index (χ0) is 22.0. The molecule has 0 aliphatic heterocycles. The first-order valence-corrected chi connectivity index (χ1v) is 10.9. The third kappa shape index (κ3) is 3.93. The summed E-state index contributed by atoms with van der Waals surface area (Å²) in [5.74, 6) is -0.700. The summed E-state index contributed by atoms with van der Waals surface area (Å²) in [6.07, 6.45) is 0. The van der Waals surface area contributed by atoms with Crippen LogP contribution in [0.25, 0.3) is 16.9 Å². The molecular weight excluding hydrogens is 426 g/mol. The van der Waals surface area contributed by atoms with Crippen molar-refractivity contribution in [2.24, 2.45) is 7.05 Å². The third-order valence-electron chi connectivity index (χ3n) is 5.01. The molecular formula is C23H19N5OS2. The SMILES string of the molecule is Cc1c(-c2csc(C(C#N)C(=S)Nc3ccccc3)n2)c(=O)n(-c2ccccc2)n1C. The summed E-state index contributed by atoms with van der Waals surface area (Å²) in [6, 6.07) is 21.2. The summed E-state index contributed by atoms with van der Waals surface area (Å²) in [5, 5.41) is 15.2. The van der Waals surface area contributed by atoms with Crippen molar-refractivity contribution in [3.05, 3.63) is 87.1 Å². The Morgan fingerprint density at radius 2 is 1.81 bits per heavy atom. The molecule has 4 aromatic rings. The molecule has 8 heteroatoms. The van der Waals surface area contributed by atoms with Crippen molar-refractivity contribution in [3.8, 4) is 23.0 Å². The van der Waals surface area contributed by atoms with Crippen molar-refractivity contribution >= 4 is 34.2 Å². The Labute approximate surface area is 189 Å². The van der Waals surface area contributed by atoms with Crippen LogP contribution in [0.3, 0.4) is 0 Å². The Balaban J connectivity index is 1.68. The maximum Gasteiger partial charge on any atom is 0.281 e. The topological polar surface area (TPSA) is 75.6 Å². The molecule has 4 rings (SSSR count). The van der Waals surface area contributed by atoms with E-state index in [2.05, 4.69) is 16.4 Å². The first kappa shape index (κ1) is 20.7. The minimum Gasteiger partial charge on any atom is -0.349 e. The molecule has 0 aliphatic rings. The van der Waals surface area contributed by atoms with Crippen LogP contribution in [0.15, 0.2) is 70.8 Å². The number of nitriles is 1. The quantitative estimate of drug-likeness (QED) is 0.453. The molecule has 0 saturated carbocycles. The van der Waals surface area contributed by atoms with E-state index in [1.165, 1.54) is 11.3 Å². The fraction of sp³-hybridized carbons (Fsp3) is 0.130. The Morgan fingerprint density at radius 1 is 1.16 bits per heavy atom. The van der Waals surface area contributed by atoms with Crippen LogP contribution in [0.5, 0.6) is 0 Å². The molecule has 154 valence electrons. The lowest BCUT2D eigenvalue weighted by Crippen LogP contribution is -2.20. The van der Waals surface area contributed by atoms with E-state index in [9.17, 15) is 10.1 Å². The smallest absolute Gasteiger partial charge is 0.281 e. The van der Waals surface area contributed by atoms with Gasteiger partial charge in [-0.3, -0.25) is 9.48 Å². The van der Waals surface area contributed by atoms with Gasteiger partial charge in [-0.1, -0.05) is 48.6 Å². The molecule has 0 bridgehead atoms. The van der Waals surface area contributed by atoms with E-state index in [4.69, 9.17) is 12.2 Å². The van der Waals surface area contributed by atoms with Gasteiger partial charge in [0.25, 0.3) is 5.56 Å². The van der Waals surface area contributed by atoms with Gasteiger partial charge in [0.15, 0.2) is 0 Å². The number of para-hydroxylation sites is 2. The number of benzene rings is 2. The number of rotatable bonds is 5. The number of anilines is 1. The van der Waals surface area contributed by atoms with E-state index in [1.807, 2.05) is 84.7 Å². The van der Waals surface area contributed by atoms with Gasteiger partial charge in [-0.05, 0) is 31.2 Å². The summed E-state index contributed by atoms with van der Waals surface area (Å²) in [7, 11) is 1.84. The van der Waals surface area contributed by atoms with E-state index in [0.29, 0.717) is 21.3 Å². The van der Waals surface area contributed by atoms with Crippen LogP contribution in [0, 0.1) is 18.3 Å². The average molecular weight is 446 g/mol. The van der Waals surface area contributed by atoms with Gasteiger partial charge in [-0.15, -0.1) is 11.3 Å². The van der Waals surface area contributed by atoms with Gasteiger partial charge in [0.1, 0.15) is 15.9 Å². The molecule has 0 spiro atoms. The summed E-state index contributed by atoms with van der Waals surface area (Å²) >= 11 is 6.79. The Hall–Kier alpha value is -3.54. The predicted octanol–water partition coefficient (Wildman–Crippen LogP) is 4.65. The van der Waals surface area contributed by atoms with E-state index in [1.54, 1.807) is 4.68 Å². The zero-order valence-electron chi connectivity index (χ0n) is 16.9. The highest BCUT2D eigenvalue weighted by Crippen LogP contribution is 2.28. The van der Waals surface area contributed by atoms with Crippen molar-refractivity contribution in [2.45, 2.75) is 12.8 Å². The van der Waals surface area contributed by atoms with E-state index in [0.717, 1.165) is 17.1 Å². The number of hydrogen-bond acceptors (Lipinski definition) is 5. The van der Waals surface area contributed by atoms with Crippen LogP contribution < -0.4 is 10.9 Å². The summed E-state index contributed by atoms with van der Waals surface area (Å²) < 4.78 is 3.43. The van der Waals surface area contributed by atoms with Gasteiger partial charge in [0, 0.05) is 23.8 Å². The van der Waals surface area contributed by atoms with E-state index >= 15 is 0 Å². The Kier molecular flexibility index (Phi) is 5.80. The van der Waals surface area contributed by atoms with Gasteiger partial charge in [0.2, 0.25) is 0 Å². The molecule has 6 nitrogen and oxygen atoms in total. The van der Waals surface area contributed by atoms with Gasteiger partial charge in [0.05, 0.1) is 23.0 Å². The zero-order valence-corrected chi connectivity index (χ0v) is 18.6. The average Bonchev–Trinajstić information content (AvgIpc) is 3.32. The van der Waals surface area contributed by atoms with Crippen molar-refractivity contribution in [3.63, 3.8) is 0 Å². The second-order valence-electron chi connectivity index (χ2n) is 6.92. The van der Waals surface area contributed by atoms with Crippen molar-refractivity contribution in [1.82, 2.24) is 14.3 Å². The molecule has 2 aromatic heterocycles. The minimum absolute atomic E-state index is 0.151. The monoisotopic (exact) mass is 445 g/mol. The van der Waals surface area contributed by atoms with Crippen molar-refractivity contribution in [1.29, 1.82) is 5.26 Å². The van der Waals surface area contributed by atoms with Crippen LogP contribution in [-0.4, -0.2) is 19.3 Å². The Bertz CT molecular complexity index is 1330. The molecule has 0 radical (unpaired) electrons. The predicted molar refractivity (Wildman–Crippen MR) is 128 cm³/mol. The standard InChI is InChI=1S/C23H19N5OS2/c1-15-20(23(29)28(27(15)2)17-11-7-4-8-12-17)19-14-31-22(26-19)18(13-24)21(30)25-16-9-5-3-6-10-16/h3-12,14,18H,1-2H3,(H,25,30). The maximum absolute atomic E-state index is 13.2. The molecule has 0 saturated heterocycles. The molecule has 2 aromatic carbocycles. The lowest BCUT2D eigenvalue weighted by Gasteiger charge is -2.10. The maximum atomic E-state index is 13.2. The van der Waals surface area contributed by atoms with Crippen LogP contribution in [0.1, 0.15) is 16.6 Å². The van der Waals surface area contributed by atoms with Crippen LogP contribution in [0.2, 0.25) is 0 Å². The van der Waals surface area contributed by atoms with Gasteiger partial charge >= 0.3 is 0 Å². The minimum atomic E-state index is -0.700. The highest BCUT2D eigenvalue weighted by atomic mass is 32.1. The van der Waals surface area contributed by atoms with Gasteiger partial charge in [-0.2, -0.15) is 5.26 Å². The highest BCUT2D eigenvalue weighted by Gasteiger charge is 2.24.